The fourth-order valence-electron chi connectivity index (χ4n) is 6.18. The Morgan fingerprint density at radius 1 is 0.771 bits per heavy atom. The van der Waals surface area contributed by atoms with Gasteiger partial charge in [0.25, 0.3) is 0 Å². The highest BCUT2D eigenvalue weighted by Crippen LogP contribution is 2.30. The summed E-state index contributed by atoms with van der Waals surface area (Å²) in [6, 6.07) is 19.1. The zero-order valence-corrected chi connectivity index (χ0v) is 29.3. The molecule has 3 aromatic carbocycles. The van der Waals surface area contributed by atoms with Gasteiger partial charge in [-0.3, -0.25) is 0 Å². The number of unbranched alkanes of at least 4 members (excludes halogenated alkanes) is 3. The molecule has 0 unspecified atom stereocenters. The number of hydrogen-bond acceptors (Lipinski definition) is 10. The molecule has 1 aliphatic carbocycles. The van der Waals surface area contributed by atoms with E-state index in [1.807, 2.05) is 67.5 Å². The number of fused-ring (bicyclic) bond motifs is 1. The van der Waals surface area contributed by atoms with Gasteiger partial charge in [-0.2, -0.15) is 15.0 Å². The summed E-state index contributed by atoms with van der Waals surface area (Å²) in [7, 11) is 1.95. The van der Waals surface area contributed by atoms with E-state index in [2.05, 4.69) is 35.6 Å². The largest absolute Gasteiger partial charge is 0.497 e. The highest BCUT2D eigenvalue weighted by Gasteiger charge is 2.18. The first kappa shape index (κ1) is 35.2. The van der Waals surface area contributed by atoms with Crippen molar-refractivity contribution < 1.29 is 13.2 Å². The van der Waals surface area contributed by atoms with Crippen molar-refractivity contribution in [2.75, 3.05) is 61.7 Å². The number of hydrogen-bond donors (Lipinski definition) is 4. The second-order valence-corrected chi connectivity index (χ2v) is 14.4. The third-order valence-corrected chi connectivity index (χ3v) is 10.3. The van der Waals surface area contributed by atoms with E-state index in [9.17, 15) is 8.42 Å². The Balaban J connectivity index is 1.09. The van der Waals surface area contributed by atoms with Gasteiger partial charge in [0.05, 0.1) is 12.0 Å². The molecule has 258 valence electrons. The predicted octanol–water partition coefficient (Wildman–Crippen LogP) is 6.65. The van der Waals surface area contributed by atoms with E-state index in [1.165, 1.54) is 32.1 Å². The standard InChI is InChI=1S/C36H50N8O3S/c1-44(2)32-20-12-19-31-30(32)18-13-21-33(31)48(45,46)40-23-10-5-4-9-22-37-34-41-35(38-25-27-14-7-6-8-15-27)43-36(42-34)39-26-28-16-11-17-29(24-28)47-3/h11-13,16-21,24,27,40H,4-10,14-15,22-23,25-26H2,1-3H3,(H3,37,38,39,41,42,43). The predicted molar refractivity (Wildman–Crippen MR) is 196 cm³/mol. The third-order valence-electron chi connectivity index (χ3n) is 8.80. The normalized spacial score (nSPS) is 13.7. The van der Waals surface area contributed by atoms with Crippen molar-refractivity contribution >= 4 is 44.3 Å². The van der Waals surface area contributed by atoms with Crippen LogP contribution in [0.3, 0.4) is 0 Å². The summed E-state index contributed by atoms with van der Waals surface area (Å²) in [5.41, 5.74) is 2.06. The van der Waals surface area contributed by atoms with E-state index in [-0.39, 0.29) is 0 Å². The zero-order valence-electron chi connectivity index (χ0n) is 28.5. The highest BCUT2D eigenvalue weighted by atomic mass is 32.2. The Morgan fingerprint density at radius 2 is 1.44 bits per heavy atom. The van der Waals surface area contributed by atoms with Gasteiger partial charge in [0.1, 0.15) is 5.75 Å². The minimum atomic E-state index is -3.63. The molecular formula is C36H50N8O3S. The lowest BCUT2D eigenvalue weighted by molar-refractivity contribution is 0.373. The van der Waals surface area contributed by atoms with Crippen molar-refractivity contribution in [2.24, 2.45) is 5.92 Å². The van der Waals surface area contributed by atoms with Crippen LogP contribution < -0.4 is 30.3 Å². The maximum atomic E-state index is 13.2. The fourth-order valence-corrected chi connectivity index (χ4v) is 7.47. The number of methoxy groups -OCH3 is 1. The Labute approximate surface area is 285 Å². The smallest absolute Gasteiger partial charge is 0.241 e. The molecule has 1 heterocycles. The Kier molecular flexibility index (Phi) is 12.7. The summed E-state index contributed by atoms with van der Waals surface area (Å²) in [5.74, 6) is 3.07. The lowest BCUT2D eigenvalue weighted by Gasteiger charge is -2.21. The fraction of sp³-hybridized carbons (Fsp3) is 0.472. The molecule has 1 fully saturated rings. The minimum absolute atomic E-state index is 0.315. The molecule has 11 nitrogen and oxygen atoms in total. The van der Waals surface area contributed by atoms with Gasteiger partial charge in [-0.15, -0.1) is 0 Å². The molecule has 0 radical (unpaired) electrons. The molecule has 1 aliphatic rings. The van der Waals surface area contributed by atoms with Crippen LogP contribution in [0, 0.1) is 5.92 Å². The van der Waals surface area contributed by atoms with Gasteiger partial charge in [-0.25, -0.2) is 13.1 Å². The second kappa shape index (κ2) is 17.3. The van der Waals surface area contributed by atoms with E-state index >= 15 is 0 Å². The van der Waals surface area contributed by atoms with Gasteiger partial charge in [0.2, 0.25) is 27.9 Å². The molecule has 1 aromatic heterocycles. The molecule has 4 N–H and O–H groups in total. The van der Waals surface area contributed by atoms with Crippen molar-refractivity contribution in [1.82, 2.24) is 19.7 Å². The monoisotopic (exact) mass is 674 g/mol. The Bertz CT molecular complexity index is 1730. The first-order valence-corrected chi connectivity index (χ1v) is 18.6. The van der Waals surface area contributed by atoms with E-state index in [0.29, 0.717) is 48.3 Å². The van der Waals surface area contributed by atoms with Gasteiger partial charge < -0.3 is 25.6 Å². The van der Waals surface area contributed by atoms with Crippen LogP contribution in [-0.4, -0.2) is 64.2 Å². The highest BCUT2D eigenvalue weighted by molar-refractivity contribution is 7.89. The molecule has 0 amide bonds. The first-order chi connectivity index (χ1) is 23.3. The number of rotatable bonds is 18. The lowest BCUT2D eigenvalue weighted by Crippen LogP contribution is -2.25. The quantitative estimate of drug-likeness (QED) is 0.0850. The van der Waals surface area contributed by atoms with Crippen LogP contribution in [0.5, 0.6) is 5.75 Å². The molecule has 48 heavy (non-hydrogen) atoms. The maximum Gasteiger partial charge on any atom is 0.241 e. The van der Waals surface area contributed by atoms with Crippen LogP contribution in [-0.2, 0) is 16.6 Å². The molecule has 5 rings (SSSR count). The minimum Gasteiger partial charge on any atom is -0.497 e. The topological polar surface area (TPSA) is 133 Å². The summed E-state index contributed by atoms with van der Waals surface area (Å²) in [6.07, 6.45) is 9.91. The van der Waals surface area contributed by atoms with Crippen LogP contribution in [0.25, 0.3) is 10.8 Å². The van der Waals surface area contributed by atoms with Crippen LogP contribution in [0.4, 0.5) is 23.5 Å². The number of anilines is 4. The number of benzene rings is 3. The van der Waals surface area contributed by atoms with Gasteiger partial charge in [-0.05, 0) is 61.4 Å². The Morgan fingerprint density at radius 3 is 2.19 bits per heavy atom. The average Bonchev–Trinajstić information content (AvgIpc) is 3.10. The molecule has 0 bridgehead atoms. The average molecular weight is 675 g/mol. The van der Waals surface area contributed by atoms with Crippen molar-refractivity contribution in [3.05, 3.63) is 66.2 Å². The van der Waals surface area contributed by atoms with Gasteiger partial charge in [0.15, 0.2) is 0 Å². The molecule has 12 heteroatoms. The number of sulfonamides is 1. The molecule has 0 saturated heterocycles. The maximum absolute atomic E-state index is 13.2. The summed E-state index contributed by atoms with van der Waals surface area (Å²) in [4.78, 5) is 16.2. The molecule has 0 atom stereocenters. The van der Waals surface area contributed by atoms with E-state index in [1.54, 1.807) is 19.2 Å². The zero-order chi connectivity index (χ0) is 33.8. The van der Waals surface area contributed by atoms with Crippen LogP contribution >= 0.6 is 0 Å². The van der Waals surface area contributed by atoms with Gasteiger partial charge in [0, 0.05) is 56.7 Å². The molecule has 0 aliphatic heterocycles. The van der Waals surface area contributed by atoms with Crippen molar-refractivity contribution in [3.63, 3.8) is 0 Å². The van der Waals surface area contributed by atoms with E-state index < -0.39 is 10.0 Å². The SMILES string of the molecule is COc1cccc(CNc2nc(NCCCCCCNS(=O)(=O)c3cccc4c(N(C)C)cccc34)nc(NCC3CCCCC3)n2)c1. The summed E-state index contributed by atoms with van der Waals surface area (Å²) in [5, 5.41) is 11.8. The molecular weight excluding hydrogens is 625 g/mol. The number of nitrogens with one attached hydrogen (secondary N) is 4. The van der Waals surface area contributed by atoms with Gasteiger partial charge in [-0.1, -0.05) is 68.5 Å². The molecule has 1 saturated carbocycles. The van der Waals surface area contributed by atoms with Crippen molar-refractivity contribution in [1.29, 1.82) is 0 Å². The first-order valence-electron chi connectivity index (χ1n) is 17.1. The van der Waals surface area contributed by atoms with Crippen LogP contribution in [0.2, 0.25) is 0 Å². The number of aromatic nitrogens is 3. The molecule has 0 spiro atoms. The second-order valence-electron chi connectivity index (χ2n) is 12.7. The van der Waals surface area contributed by atoms with Crippen LogP contribution in [0.15, 0.2) is 65.6 Å². The van der Waals surface area contributed by atoms with E-state index in [0.717, 1.165) is 60.0 Å². The summed E-state index contributed by atoms with van der Waals surface area (Å²) in [6.45, 7) is 2.52. The molecule has 4 aromatic rings. The number of ether oxygens (including phenoxy) is 1. The van der Waals surface area contributed by atoms with Crippen LogP contribution in [0.1, 0.15) is 63.4 Å². The van der Waals surface area contributed by atoms with Gasteiger partial charge >= 0.3 is 0 Å². The van der Waals surface area contributed by atoms with Crippen molar-refractivity contribution in [2.45, 2.75) is 69.2 Å². The third kappa shape index (κ3) is 9.93. The van der Waals surface area contributed by atoms with Crippen molar-refractivity contribution in [3.8, 4) is 5.75 Å². The number of nitrogens with zero attached hydrogens (tertiary/aromatic N) is 4. The summed E-state index contributed by atoms with van der Waals surface area (Å²) >= 11 is 0. The summed E-state index contributed by atoms with van der Waals surface area (Å²) < 4.78 is 34.6. The lowest BCUT2D eigenvalue weighted by atomic mass is 9.89. The van der Waals surface area contributed by atoms with E-state index in [4.69, 9.17) is 4.74 Å². The Hall–Kier alpha value is -4.16.